The Morgan fingerprint density at radius 1 is 1.88 bits per heavy atom. The Bertz CT molecular complexity index is 149. The average molecular weight is 114 g/mol. The molecule has 1 rings (SSSR count). The molecule has 0 aromatic carbocycles. The normalized spacial score (nSPS) is 18.8. The van der Waals surface area contributed by atoms with Crippen LogP contribution in [0.3, 0.4) is 0 Å². The van der Waals surface area contributed by atoms with Crippen LogP contribution in [-0.2, 0) is 0 Å². The van der Waals surface area contributed by atoms with Crippen LogP contribution in [0, 0.1) is 0 Å². The number of allylic oxidation sites excluding steroid dienone is 2. The molecular formula is C5H7FN2. The third kappa shape index (κ3) is 0.857. The van der Waals surface area contributed by atoms with E-state index < -0.39 is 0 Å². The van der Waals surface area contributed by atoms with Crippen LogP contribution in [0.25, 0.3) is 0 Å². The van der Waals surface area contributed by atoms with E-state index in [0.717, 1.165) is 0 Å². The van der Waals surface area contributed by atoms with E-state index in [9.17, 15) is 4.39 Å². The summed E-state index contributed by atoms with van der Waals surface area (Å²) in [5, 5.41) is 2.74. The Labute approximate surface area is 47.1 Å². The third-order valence-electron chi connectivity index (χ3n) is 0.998. The van der Waals surface area contributed by atoms with Gasteiger partial charge in [-0.3, -0.25) is 4.99 Å². The lowest BCUT2D eigenvalue weighted by Gasteiger charge is -2.06. The lowest BCUT2D eigenvalue weighted by atomic mass is 10.4. The first-order valence-electron chi connectivity index (χ1n) is 2.41. The molecule has 0 spiro atoms. The molecule has 1 heterocycles. The highest BCUT2D eigenvalue weighted by molar-refractivity contribution is 5.77. The second-order valence-electron chi connectivity index (χ2n) is 1.62. The second kappa shape index (κ2) is 1.94. The minimum Gasteiger partial charge on any atom is -0.367 e. The molecule has 8 heavy (non-hydrogen) atoms. The second-order valence-corrected chi connectivity index (χ2v) is 1.62. The highest BCUT2D eigenvalue weighted by Gasteiger charge is 1.99. The van der Waals surface area contributed by atoms with Crippen molar-refractivity contribution < 1.29 is 4.39 Å². The zero-order chi connectivity index (χ0) is 5.98. The van der Waals surface area contributed by atoms with Crippen molar-refractivity contribution >= 4 is 6.21 Å². The number of nitrogens with zero attached hydrogens (tertiary/aromatic N) is 1. The molecule has 0 amide bonds. The number of rotatable bonds is 0. The van der Waals surface area contributed by atoms with Crippen molar-refractivity contribution in [1.82, 2.24) is 5.32 Å². The first-order chi connectivity index (χ1) is 3.80. The molecule has 2 nitrogen and oxygen atoms in total. The third-order valence-corrected chi connectivity index (χ3v) is 0.998. The molecule has 44 valence electrons. The van der Waals surface area contributed by atoms with Gasteiger partial charge in [0.2, 0.25) is 0 Å². The summed E-state index contributed by atoms with van der Waals surface area (Å²) in [7, 11) is 0. The molecular weight excluding hydrogens is 107 g/mol. The summed E-state index contributed by atoms with van der Waals surface area (Å²) < 4.78 is 12.2. The Morgan fingerprint density at radius 3 is 3.00 bits per heavy atom. The van der Waals surface area contributed by atoms with Gasteiger partial charge in [0, 0.05) is 5.70 Å². The summed E-state index contributed by atoms with van der Waals surface area (Å²) in [5.41, 5.74) is 0.569. The first-order valence-corrected chi connectivity index (χ1v) is 2.41. The highest BCUT2D eigenvalue weighted by Crippen LogP contribution is 2.01. The van der Waals surface area contributed by atoms with Crippen LogP contribution in [0.2, 0.25) is 0 Å². The monoisotopic (exact) mass is 114 g/mol. The predicted octanol–water partition coefficient (Wildman–Crippen LogP) is 0.819. The fourth-order valence-electron chi connectivity index (χ4n) is 0.471. The van der Waals surface area contributed by atoms with E-state index >= 15 is 0 Å². The van der Waals surface area contributed by atoms with Gasteiger partial charge in [-0.25, -0.2) is 4.39 Å². The van der Waals surface area contributed by atoms with Crippen molar-refractivity contribution in [2.45, 2.75) is 6.92 Å². The van der Waals surface area contributed by atoms with Gasteiger partial charge in [-0.2, -0.15) is 0 Å². The number of hydrogen-bond acceptors (Lipinski definition) is 2. The minimum atomic E-state index is -0.267. The van der Waals surface area contributed by atoms with Gasteiger partial charge in [0.15, 0.2) is 5.83 Å². The summed E-state index contributed by atoms with van der Waals surface area (Å²) in [6.45, 7) is 2.18. The fraction of sp³-hybridized carbons (Fsp3) is 0.400. The van der Waals surface area contributed by atoms with Gasteiger partial charge >= 0.3 is 0 Å². The SMILES string of the molecule is CC1=C(F)C=NCN1. The van der Waals surface area contributed by atoms with Gasteiger partial charge in [0.1, 0.15) is 6.67 Å². The molecule has 0 fully saturated rings. The largest absolute Gasteiger partial charge is 0.367 e. The summed E-state index contributed by atoms with van der Waals surface area (Å²) in [6, 6.07) is 0. The maximum Gasteiger partial charge on any atom is 0.159 e. The molecule has 0 aromatic rings. The van der Waals surface area contributed by atoms with Crippen molar-refractivity contribution in [3.05, 3.63) is 11.5 Å². The maximum absolute atomic E-state index is 12.2. The Balaban J connectivity index is 2.76. The smallest absolute Gasteiger partial charge is 0.159 e. The summed E-state index contributed by atoms with van der Waals surface area (Å²) in [6.07, 6.45) is 1.23. The Hall–Kier alpha value is -0.860. The van der Waals surface area contributed by atoms with E-state index in [1.807, 2.05) is 0 Å². The molecule has 0 bridgehead atoms. The van der Waals surface area contributed by atoms with Crippen LogP contribution in [0.4, 0.5) is 4.39 Å². The number of hydrogen-bond donors (Lipinski definition) is 1. The molecule has 0 radical (unpaired) electrons. The summed E-state index contributed by atoms with van der Waals surface area (Å²) in [5.74, 6) is -0.267. The lowest BCUT2D eigenvalue weighted by molar-refractivity contribution is 0.636. The van der Waals surface area contributed by atoms with Crippen LogP contribution in [-0.4, -0.2) is 12.9 Å². The number of aliphatic imine (C=N–C) groups is 1. The maximum atomic E-state index is 12.2. The molecule has 0 aromatic heterocycles. The van der Waals surface area contributed by atoms with Gasteiger partial charge in [0.25, 0.3) is 0 Å². The lowest BCUT2D eigenvalue weighted by Crippen LogP contribution is -2.16. The molecule has 1 aliphatic rings. The summed E-state index contributed by atoms with van der Waals surface area (Å²) >= 11 is 0. The molecule has 1 aliphatic heterocycles. The van der Waals surface area contributed by atoms with Crippen LogP contribution in [0.15, 0.2) is 16.5 Å². The molecule has 0 atom stereocenters. The zero-order valence-electron chi connectivity index (χ0n) is 4.61. The van der Waals surface area contributed by atoms with Gasteiger partial charge < -0.3 is 5.32 Å². The van der Waals surface area contributed by atoms with Gasteiger partial charge in [-0.15, -0.1) is 0 Å². The van der Waals surface area contributed by atoms with E-state index in [-0.39, 0.29) is 5.83 Å². The first kappa shape index (κ1) is 5.28. The van der Waals surface area contributed by atoms with Gasteiger partial charge in [-0.05, 0) is 6.92 Å². The molecule has 0 unspecified atom stereocenters. The van der Waals surface area contributed by atoms with E-state index in [4.69, 9.17) is 0 Å². The van der Waals surface area contributed by atoms with Gasteiger partial charge in [-0.1, -0.05) is 0 Å². The summed E-state index contributed by atoms with van der Waals surface area (Å²) in [4.78, 5) is 3.64. The van der Waals surface area contributed by atoms with Crippen LogP contribution in [0.1, 0.15) is 6.92 Å². The van der Waals surface area contributed by atoms with E-state index in [1.165, 1.54) is 6.21 Å². The fourth-order valence-corrected chi connectivity index (χ4v) is 0.471. The van der Waals surface area contributed by atoms with Crippen molar-refractivity contribution in [3.63, 3.8) is 0 Å². The molecule has 0 saturated heterocycles. The van der Waals surface area contributed by atoms with E-state index in [2.05, 4.69) is 10.3 Å². The van der Waals surface area contributed by atoms with Crippen molar-refractivity contribution in [1.29, 1.82) is 0 Å². The van der Waals surface area contributed by atoms with E-state index in [0.29, 0.717) is 12.4 Å². The standard InChI is InChI=1S/C5H7FN2/c1-4-5(6)2-7-3-8-4/h2,8H,3H2,1H3. The van der Waals surface area contributed by atoms with Crippen LogP contribution in [0.5, 0.6) is 0 Å². The van der Waals surface area contributed by atoms with Crippen molar-refractivity contribution in [2.24, 2.45) is 4.99 Å². The topological polar surface area (TPSA) is 24.4 Å². The number of nitrogens with one attached hydrogen (secondary N) is 1. The molecule has 0 aliphatic carbocycles. The molecule has 0 saturated carbocycles. The van der Waals surface area contributed by atoms with Gasteiger partial charge in [0.05, 0.1) is 6.21 Å². The Morgan fingerprint density at radius 2 is 2.62 bits per heavy atom. The molecule has 1 N–H and O–H groups in total. The Kier molecular flexibility index (Phi) is 1.28. The highest BCUT2D eigenvalue weighted by atomic mass is 19.1. The number of halogens is 1. The predicted molar refractivity (Wildman–Crippen MR) is 30.3 cm³/mol. The zero-order valence-corrected chi connectivity index (χ0v) is 4.61. The van der Waals surface area contributed by atoms with E-state index in [1.54, 1.807) is 6.92 Å². The van der Waals surface area contributed by atoms with Crippen LogP contribution >= 0.6 is 0 Å². The van der Waals surface area contributed by atoms with Crippen molar-refractivity contribution in [2.75, 3.05) is 6.67 Å². The average Bonchev–Trinajstić information content (AvgIpc) is 1.77. The molecule has 3 heteroatoms. The quantitative estimate of drug-likeness (QED) is 0.495. The minimum absolute atomic E-state index is 0.267. The van der Waals surface area contributed by atoms with Crippen LogP contribution < -0.4 is 5.32 Å². The van der Waals surface area contributed by atoms with Crippen molar-refractivity contribution in [3.8, 4) is 0 Å².